The van der Waals surface area contributed by atoms with Gasteiger partial charge in [0.2, 0.25) is 6.79 Å². The van der Waals surface area contributed by atoms with E-state index in [1.165, 1.54) is 0 Å². The summed E-state index contributed by atoms with van der Waals surface area (Å²) in [5.41, 5.74) is 3.17. The normalized spacial score (nSPS) is 14.6. The summed E-state index contributed by atoms with van der Waals surface area (Å²) in [5, 5.41) is 12.6. The molecule has 0 fully saturated rings. The largest absolute Gasteiger partial charge is 0.491 e. The lowest BCUT2D eigenvalue weighted by Gasteiger charge is -2.07. The first kappa shape index (κ1) is 15.0. The predicted molar refractivity (Wildman–Crippen MR) is 87.4 cm³/mol. The van der Waals surface area contributed by atoms with Gasteiger partial charge in [-0.1, -0.05) is 12.1 Å². The van der Waals surface area contributed by atoms with Crippen molar-refractivity contribution in [2.45, 2.75) is 13.0 Å². The summed E-state index contributed by atoms with van der Waals surface area (Å²) in [6.45, 7) is 1.14. The molecule has 0 aliphatic carbocycles. The van der Waals surface area contributed by atoms with Crippen LogP contribution in [0.15, 0.2) is 36.4 Å². The molecule has 7 heteroatoms. The Morgan fingerprint density at radius 3 is 2.96 bits per heavy atom. The summed E-state index contributed by atoms with van der Waals surface area (Å²) in [4.78, 5) is 12.3. The van der Waals surface area contributed by atoms with Crippen molar-refractivity contribution in [1.29, 1.82) is 0 Å². The highest BCUT2D eigenvalue weighted by atomic mass is 16.7. The predicted octanol–water partition coefficient (Wildman–Crippen LogP) is 0.605. The molecular formula is C17H16BNO5. The molecule has 6 nitrogen and oxygen atoms in total. The van der Waals surface area contributed by atoms with E-state index in [0.29, 0.717) is 30.6 Å². The van der Waals surface area contributed by atoms with Crippen LogP contribution in [0.5, 0.6) is 11.5 Å². The summed E-state index contributed by atoms with van der Waals surface area (Å²) in [6.07, 6.45) is 0.694. The number of nitrogens with one attached hydrogen (secondary N) is 1. The number of hydrogen-bond acceptors (Lipinski definition) is 5. The summed E-state index contributed by atoms with van der Waals surface area (Å²) >= 11 is 0. The maximum Gasteiger partial charge on any atom is 0.491 e. The van der Waals surface area contributed by atoms with Crippen molar-refractivity contribution in [1.82, 2.24) is 5.32 Å². The summed E-state index contributed by atoms with van der Waals surface area (Å²) < 4.78 is 15.8. The molecular weight excluding hydrogens is 309 g/mol. The average molecular weight is 325 g/mol. The van der Waals surface area contributed by atoms with Crippen LogP contribution < -0.4 is 20.3 Å². The zero-order chi connectivity index (χ0) is 16.5. The Kier molecular flexibility index (Phi) is 3.88. The van der Waals surface area contributed by atoms with Crippen molar-refractivity contribution in [2.24, 2.45) is 0 Å². The van der Waals surface area contributed by atoms with E-state index in [1.807, 2.05) is 24.3 Å². The average Bonchev–Trinajstić information content (AvgIpc) is 3.21. The molecule has 2 heterocycles. The van der Waals surface area contributed by atoms with Gasteiger partial charge in [0.25, 0.3) is 5.91 Å². The summed E-state index contributed by atoms with van der Waals surface area (Å²) in [5.74, 6) is 1.32. The van der Waals surface area contributed by atoms with E-state index in [0.717, 1.165) is 22.6 Å². The van der Waals surface area contributed by atoms with Crippen LogP contribution in [0.1, 0.15) is 21.5 Å². The first-order chi connectivity index (χ1) is 11.7. The zero-order valence-corrected chi connectivity index (χ0v) is 13.0. The highest BCUT2D eigenvalue weighted by molar-refractivity contribution is 6.61. The topological polar surface area (TPSA) is 77.0 Å². The van der Waals surface area contributed by atoms with E-state index in [-0.39, 0.29) is 12.7 Å². The standard InChI is InChI=1S/C17H16BNO5/c20-17(12-2-3-13-9-24-18(21)14(13)8-12)19-6-5-11-1-4-15-16(7-11)23-10-22-15/h1-4,7-8,21H,5-6,9-10H2,(H,19,20). The van der Waals surface area contributed by atoms with Crippen LogP contribution in [-0.4, -0.2) is 31.4 Å². The number of carbonyl (C=O) groups excluding carboxylic acids is 1. The molecule has 2 aliphatic rings. The SMILES string of the molecule is O=C(NCCc1ccc2c(c1)OCO2)c1ccc2c(c1)B(O)OC2. The van der Waals surface area contributed by atoms with Gasteiger partial charge in [0.1, 0.15) is 0 Å². The molecule has 2 aliphatic heterocycles. The Hall–Kier alpha value is -2.51. The highest BCUT2D eigenvalue weighted by Gasteiger charge is 2.27. The molecule has 2 aromatic rings. The molecule has 0 saturated heterocycles. The molecule has 0 radical (unpaired) electrons. The molecule has 1 amide bonds. The second-order valence-corrected chi connectivity index (χ2v) is 5.77. The second kappa shape index (κ2) is 6.18. The van der Waals surface area contributed by atoms with Crippen LogP contribution >= 0.6 is 0 Å². The molecule has 2 N–H and O–H groups in total. The number of hydrogen-bond donors (Lipinski definition) is 2. The van der Waals surface area contributed by atoms with E-state index < -0.39 is 7.12 Å². The summed E-state index contributed by atoms with van der Waals surface area (Å²) in [7, 11) is -0.943. The van der Waals surface area contributed by atoms with Gasteiger partial charge in [-0.05, 0) is 47.3 Å². The maximum atomic E-state index is 12.3. The fourth-order valence-electron chi connectivity index (χ4n) is 2.87. The highest BCUT2D eigenvalue weighted by Crippen LogP contribution is 2.32. The quantitative estimate of drug-likeness (QED) is 0.806. The van der Waals surface area contributed by atoms with Crippen molar-refractivity contribution >= 4 is 18.5 Å². The molecule has 0 saturated carbocycles. The minimum absolute atomic E-state index is 0.169. The van der Waals surface area contributed by atoms with Gasteiger partial charge in [-0.2, -0.15) is 0 Å². The molecule has 2 aromatic carbocycles. The first-order valence-corrected chi connectivity index (χ1v) is 7.80. The minimum atomic E-state index is -0.943. The molecule has 0 unspecified atom stereocenters. The van der Waals surface area contributed by atoms with Gasteiger partial charge in [-0.15, -0.1) is 0 Å². The van der Waals surface area contributed by atoms with Gasteiger partial charge in [-0.3, -0.25) is 4.79 Å². The first-order valence-electron chi connectivity index (χ1n) is 7.80. The summed E-state index contributed by atoms with van der Waals surface area (Å²) in [6, 6.07) is 11.0. The van der Waals surface area contributed by atoms with E-state index in [2.05, 4.69) is 5.32 Å². The van der Waals surface area contributed by atoms with Crippen molar-refractivity contribution in [2.75, 3.05) is 13.3 Å². The Bertz CT molecular complexity index is 795. The Morgan fingerprint density at radius 2 is 2.04 bits per heavy atom. The van der Waals surface area contributed by atoms with Crippen LogP contribution in [-0.2, 0) is 17.7 Å². The van der Waals surface area contributed by atoms with Gasteiger partial charge in [0, 0.05) is 12.1 Å². The smallest absolute Gasteiger partial charge is 0.454 e. The fraction of sp³-hybridized carbons (Fsp3) is 0.235. The fourth-order valence-corrected chi connectivity index (χ4v) is 2.87. The number of carbonyl (C=O) groups is 1. The molecule has 122 valence electrons. The molecule has 4 rings (SSSR count). The number of fused-ring (bicyclic) bond motifs is 2. The van der Waals surface area contributed by atoms with E-state index >= 15 is 0 Å². The Balaban J connectivity index is 1.36. The molecule has 0 spiro atoms. The van der Waals surface area contributed by atoms with Gasteiger partial charge < -0.3 is 24.5 Å². The third kappa shape index (κ3) is 2.84. The lowest BCUT2D eigenvalue weighted by atomic mass is 9.79. The number of ether oxygens (including phenoxy) is 2. The van der Waals surface area contributed by atoms with Crippen molar-refractivity contribution in [3.63, 3.8) is 0 Å². The Morgan fingerprint density at radius 1 is 1.17 bits per heavy atom. The second-order valence-electron chi connectivity index (χ2n) is 5.77. The van der Waals surface area contributed by atoms with Crippen molar-refractivity contribution < 1.29 is 23.9 Å². The van der Waals surface area contributed by atoms with E-state index in [1.54, 1.807) is 12.1 Å². The monoisotopic (exact) mass is 325 g/mol. The van der Waals surface area contributed by atoms with E-state index in [4.69, 9.17) is 14.1 Å². The van der Waals surface area contributed by atoms with Crippen LogP contribution in [0.2, 0.25) is 0 Å². The number of benzene rings is 2. The van der Waals surface area contributed by atoms with Crippen LogP contribution in [0.3, 0.4) is 0 Å². The van der Waals surface area contributed by atoms with Crippen LogP contribution in [0.25, 0.3) is 0 Å². The zero-order valence-electron chi connectivity index (χ0n) is 13.0. The third-order valence-corrected chi connectivity index (χ3v) is 4.21. The van der Waals surface area contributed by atoms with Gasteiger partial charge >= 0.3 is 7.12 Å². The van der Waals surface area contributed by atoms with E-state index in [9.17, 15) is 9.82 Å². The van der Waals surface area contributed by atoms with Crippen molar-refractivity contribution in [3.8, 4) is 11.5 Å². The lowest BCUT2D eigenvalue weighted by Crippen LogP contribution is -2.31. The molecule has 0 atom stereocenters. The molecule has 0 aromatic heterocycles. The van der Waals surface area contributed by atoms with Gasteiger partial charge in [0.15, 0.2) is 11.5 Å². The van der Waals surface area contributed by atoms with Gasteiger partial charge in [0.05, 0.1) is 6.61 Å². The minimum Gasteiger partial charge on any atom is -0.454 e. The van der Waals surface area contributed by atoms with Gasteiger partial charge in [-0.25, -0.2) is 0 Å². The third-order valence-electron chi connectivity index (χ3n) is 4.21. The lowest BCUT2D eigenvalue weighted by molar-refractivity contribution is 0.0954. The van der Waals surface area contributed by atoms with Crippen LogP contribution in [0.4, 0.5) is 0 Å². The number of rotatable bonds is 4. The molecule has 24 heavy (non-hydrogen) atoms. The van der Waals surface area contributed by atoms with Crippen LogP contribution in [0, 0.1) is 0 Å². The molecule has 0 bridgehead atoms. The van der Waals surface area contributed by atoms with Crippen molar-refractivity contribution in [3.05, 3.63) is 53.1 Å². The Labute approximate surface area is 139 Å². The maximum absolute atomic E-state index is 12.3. The number of amides is 1.